The van der Waals surface area contributed by atoms with Crippen LogP contribution in [0.15, 0.2) is 18.2 Å². The number of carbonyl (C=O) groups excluding carboxylic acids is 2. The Morgan fingerprint density at radius 3 is 2.63 bits per heavy atom. The summed E-state index contributed by atoms with van der Waals surface area (Å²) < 4.78 is 5.45. The minimum absolute atomic E-state index is 0.0144. The van der Waals surface area contributed by atoms with Crippen LogP contribution in [0.1, 0.15) is 32.8 Å². The standard InChI is InChI=1S/C19H25N5O3/c1-19(2,3)27-18(26)24-9-12-7-13(10-24)16(12)17(25)20-8-11-4-5-14-15(6-11)22-23-21-14/h4-6,12-13,16H,7-10H2,1-3H3,(H,20,25)(H,21,22,23). The van der Waals surface area contributed by atoms with E-state index in [0.717, 1.165) is 23.0 Å². The molecule has 2 saturated heterocycles. The first-order valence-corrected chi connectivity index (χ1v) is 9.35. The van der Waals surface area contributed by atoms with Crippen molar-refractivity contribution in [3.63, 3.8) is 0 Å². The number of benzene rings is 1. The molecule has 0 spiro atoms. The van der Waals surface area contributed by atoms with Crippen molar-refractivity contribution in [2.75, 3.05) is 13.1 Å². The van der Waals surface area contributed by atoms with Crippen LogP contribution in [0.5, 0.6) is 0 Å². The average Bonchev–Trinajstić information content (AvgIpc) is 3.06. The van der Waals surface area contributed by atoms with Gasteiger partial charge in [0.15, 0.2) is 0 Å². The fourth-order valence-electron chi connectivity index (χ4n) is 4.09. The van der Waals surface area contributed by atoms with Gasteiger partial charge in [-0.3, -0.25) is 4.79 Å². The number of nitrogens with zero attached hydrogens (tertiary/aromatic N) is 3. The molecule has 0 radical (unpaired) electrons. The van der Waals surface area contributed by atoms with E-state index in [-0.39, 0.29) is 29.8 Å². The number of rotatable bonds is 3. The van der Waals surface area contributed by atoms with Crippen molar-refractivity contribution in [1.29, 1.82) is 0 Å². The van der Waals surface area contributed by atoms with E-state index >= 15 is 0 Å². The zero-order valence-electron chi connectivity index (χ0n) is 15.9. The number of fused-ring (bicyclic) bond motifs is 3. The predicted molar refractivity (Wildman–Crippen MR) is 98.6 cm³/mol. The summed E-state index contributed by atoms with van der Waals surface area (Å²) in [6.45, 7) is 7.24. The van der Waals surface area contributed by atoms with E-state index < -0.39 is 5.60 Å². The maximum atomic E-state index is 12.7. The third-order valence-electron chi connectivity index (χ3n) is 5.33. The van der Waals surface area contributed by atoms with Crippen molar-refractivity contribution in [1.82, 2.24) is 25.6 Å². The number of H-pyrrole nitrogens is 1. The highest BCUT2D eigenvalue weighted by molar-refractivity contribution is 5.81. The minimum Gasteiger partial charge on any atom is -0.444 e. The van der Waals surface area contributed by atoms with Gasteiger partial charge in [0.05, 0.1) is 0 Å². The SMILES string of the molecule is CC(C)(C)OC(=O)N1CC2CC(C1)C2C(=O)NCc1ccc2n[nH]nc2c1. The molecule has 2 aromatic rings. The van der Waals surface area contributed by atoms with Crippen LogP contribution in [0.25, 0.3) is 11.0 Å². The number of ether oxygens (including phenoxy) is 1. The lowest BCUT2D eigenvalue weighted by Gasteiger charge is -2.52. The topological polar surface area (TPSA) is 100 Å². The zero-order valence-corrected chi connectivity index (χ0v) is 15.9. The molecule has 1 saturated carbocycles. The molecule has 2 bridgehead atoms. The number of hydrogen-bond acceptors (Lipinski definition) is 5. The molecule has 27 heavy (non-hydrogen) atoms. The maximum Gasteiger partial charge on any atom is 0.410 e. The summed E-state index contributed by atoms with van der Waals surface area (Å²) in [6, 6.07) is 5.75. The Morgan fingerprint density at radius 2 is 1.93 bits per heavy atom. The van der Waals surface area contributed by atoms with Gasteiger partial charge in [-0.05, 0) is 56.7 Å². The number of nitrogens with one attached hydrogen (secondary N) is 2. The first-order valence-electron chi connectivity index (χ1n) is 9.35. The molecule has 3 fully saturated rings. The van der Waals surface area contributed by atoms with E-state index in [1.807, 2.05) is 39.0 Å². The normalized spacial score (nSPS) is 24.4. The van der Waals surface area contributed by atoms with Gasteiger partial charge >= 0.3 is 6.09 Å². The van der Waals surface area contributed by atoms with Gasteiger partial charge in [-0.15, -0.1) is 0 Å². The van der Waals surface area contributed by atoms with Crippen LogP contribution in [-0.2, 0) is 16.1 Å². The molecule has 2 unspecified atom stereocenters. The number of aromatic amines is 1. The minimum atomic E-state index is -0.500. The number of carbonyl (C=O) groups is 2. The molecule has 144 valence electrons. The van der Waals surface area contributed by atoms with Crippen LogP contribution in [-0.4, -0.2) is 51.0 Å². The van der Waals surface area contributed by atoms with E-state index in [9.17, 15) is 9.59 Å². The lowest BCUT2D eigenvalue weighted by Crippen LogP contribution is -2.61. The quantitative estimate of drug-likeness (QED) is 0.860. The van der Waals surface area contributed by atoms with Crippen molar-refractivity contribution in [3.05, 3.63) is 23.8 Å². The molecule has 2 aliphatic heterocycles. The zero-order chi connectivity index (χ0) is 19.2. The Balaban J connectivity index is 1.31. The Kier molecular flexibility index (Phi) is 4.28. The fraction of sp³-hybridized carbons (Fsp3) is 0.579. The number of aromatic nitrogens is 3. The molecule has 8 heteroatoms. The van der Waals surface area contributed by atoms with Gasteiger partial charge in [-0.1, -0.05) is 6.07 Å². The van der Waals surface area contributed by atoms with Crippen LogP contribution in [0.2, 0.25) is 0 Å². The van der Waals surface area contributed by atoms with Crippen LogP contribution >= 0.6 is 0 Å². The molecular formula is C19H25N5O3. The summed E-state index contributed by atoms with van der Waals surface area (Å²) >= 11 is 0. The molecule has 8 nitrogen and oxygen atoms in total. The first-order chi connectivity index (χ1) is 12.8. The van der Waals surface area contributed by atoms with Crippen LogP contribution in [0.3, 0.4) is 0 Å². The second-order valence-corrected chi connectivity index (χ2v) is 8.53. The number of hydrogen-bond donors (Lipinski definition) is 2. The maximum absolute atomic E-state index is 12.7. The Hall–Kier alpha value is -2.64. The summed E-state index contributed by atoms with van der Waals surface area (Å²) in [7, 11) is 0. The second kappa shape index (κ2) is 6.51. The van der Waals surface area contributed by atoms with E-state index in [0.29, 0.717) is 19.6 Å². The van der Waals surface area contributed by atoms with Crippen molar-refractivity contribution in [2.45, 2.75) is 39.3 Å². The van der Waals surface area contributed by atoms with Gasteiger partial charge < -0.3 is 15.0 Å². The first kappa shape index (κ1) is 17.8. The molecule has 3 heterocycles. The molecule has 3 aliphatic rings. The summed E-state index contributed by atoms with van der Waals surface area (Å²) in [5.74, 6) is 0.489. The van der Waals surface area contributed by atoms with E-state index in [2.05, 4.69) is 20.7 Å². The summed E-state index contributed by atoms with van der Waals surface area (Å²) in [6.07, 6.45) is 0.722. The Bertz CT molecular complexity index is 860. The highest BCUT2D eigenvalue weighted by Crippen LogP contribution is 2.45. The van der Waals surface area contributed by atoms with Crippen molar-refractivity contribution >= 4 is 23.0 Å². The molecule has 1 aromatic carbocycles. The van der Waals surface area contributed by atoms with Gasteiger partial charge in [0.25, 0.3) is 0 Å². The Labute approximate surface area is 157 Å². The number of amides is 2. The average molecular weight is 371 g/mol. The molecule has 2 N–H and O–H groups in total. The highest BCUT2D eigenvalue weighted by atomic mass is 16.6. The summed E-state index contributed by atoms with van der Waals surface area (Å²) in [5, 5.41) is 13.7. The predicted octanol–water partition coefficient (Wildman–Crippen LogP) is 2.08. The summed E-state index contributed by atoms with van der Waals surface area (Å²) in [4.78, 5) is 26.6. The van der Waals surface area contributed by atoms with Crippen molar-refractivity contribution in [3.8, 4) is 0 Å². The Morgan fingerprint density at radius 1 is 1.22 bits per heavy atom. The second-order valence-electron chi connectivity index (χ2n) is 8.53. The van der Waals surface area contributed by atoms with Gasteiger partial charge in [0.1, 0.15) is 16.6 Å². The van der Waals surface area contributed by atoms with Gasteiger partial charge in [-0.2, -0.15) is 15.4 Å². The molecule has 1 aliphatic carbocycles. The van der Waals surface area contributed by atoms with Gasteiger partial charge in [0, 0.05) is 25.6 Å². The molecular weight excluding hydrogens is 346 g/mol. The third kappa shape index (κ3) is 3.61. The van der Waals surface area contributed by atoms with Crippen LogP contribution in [0.4, 0.5) is 4.79 Å². The monoisotopic (exact) mass is 371 g/mol. The molecule has 2 atom stereocenters. The molecule has 5 rings (SSSR count). The largest absolute Gasteiger partial charge is 0.444 e. The number of piperidine rings is 2. The van der Waals surface area contributed by atoms with Gasteiger partial charge in [0.2, 0.25) is 5.91 Å². The molecule has 2 amide bonds. The van der Waals surface area contributed by atoms with Crippen molar-refractivity contribution < 1.29 is 14.3 Å². The van der Waals surface area contributed by atoms with Gasteiger partial charge in [-0.25, -0.2) is 4.79 Å². The van der Waals surface area contributed by atoms with Crippen LogP contribution in [0, 0.1) is 17.8 Å². The lowest BCUT2D eigenvalue weighted by atomic mass is 9.61. The van der Waals surface area contributed by atoms with E-state index in [1.54, 1.807) is 4.90 Å². The third-order valence-corrected chi connectivity index (χ3v) is 5.33. The van der Waals surface area contributed by atoms with E-state index in [4.69, 9.17) is 4.74 Å². The highest BCUT2D eigenvalue weighted by Gasteiger charge is 2.51. The van der Waals surface area contributed by atoms with Crippen molar-refractivity contribution in [2.24, 2.45) is 17.8 Å². The van der Waals surface area contributed by atoms with E-state index in [1.165, 1.54) is 0 Å². The fourth-order valence-corrected chi connectivity index (χ4v) is 4.09. The summed E-state index contributed by atoms with van der Waals surface area (Å²) in [5.41, 5.74) is 2.08. The molecule has 1 aromatic heterocycles. The smallest absolute Gasteiger partial charge is 0.410 e. The lowest BCUT2D eigenvalue weighted by molar-refractivity contribution is -0.141. The van der Waals surface area contributed by atoms with Crippen LogP contribution < -0.4 is 5.32 Å².